The Morgan fingerprint density at radius 2 is 1.89 bits per heavy atom. The van der Waals surface area contributed by atoms with E-state index < -0.39 is 0 Å². The lowest BCUT2D eigenvalue weighted by Gasteiger charge is -2.13. The van der Waals surface area contributed by atoms with Gasteiger partial charge in [-0.2, -0.15) is 5.10 Å². The van der Waals surface area contributed by atoms with Crippen molar-refractivity contribution in [3.8, 4) is 5.75 Å². The summed E-state index contributed by atoms with van der Waals surface area (Å²) in [6, 6.07) is 18.5. The van der Waals surface area contributed by atoms with Crippen molar-refractivity contribution >= 4 is 34.1 Å². The first kappa shape index (κ1) is 22.3. The Labute approximate surface area is 202 Å². The van der Waals surface area contributed by atoms with Crippen molar-refractivity contribution in [1.29, 1.82) is 0 Å². The van der Waals surface area contributed by atoms with Gasteiger partial charge < -0.3 is 14.5 Å². The molecule has 0 unspecified atom stereocenters. The smallest absolute Gasteiger partial charge is 0.291 e. The Hall–Kier alpha value is -4.46. The molecule has 0 saturated heterocycles. The van der Waals surface area contributed by atoms with Gasteiger partial charge in [-0.25, -0.2) is 5.43 Å². The number of ether oxygens (including phenoxy) is 1. The van der Waals surface area contributed by atoms with Crippen LogP contribution in [0, 0.1) is 6.92 Å². The first-order valence-corrected chi connectivity index (χ1v) is 11.4. The molecule has 0 fully saturated rings. The second-order valence-electron chi connectivity index (χ2n) is 8.24. The highest BCUT2D eigenvalue weighted by Crippen LogP contribution is 2.31. The minimum Gasteiger partial charge on any atom is -0.484 e. The third kappa shape index (κ3) is 4.77. The Balaban J connectivity index is 1.32. The zero-order valence-corrected chi connectivity index (χ0v) is 19.2. The van der Waals surface area contributed by atoms with Crippen LogP contribution in [0.15, 0.2) is 76.4 Å². The van der Waals surface area contributed by atoms with Crippen molar-refractivity contribution in [3.63, 3.8) is 0 Å². The molecule has 2 aromatic carbocycles. The van der Waals surface area contributed by atoms with Gasteiger partial charge in [0.2, 0.25) is 0 Å². The first-order chi connectivity index (χ1) is 17.1. The van der Waals surface area contributed by atoms with E-state index in [4.69, 9.17) is 9.15 Å². The highest BCUT2D eigenvalue weighted by atomic mass is 16.5. The number of anilines is 1. The van der Waals surface area contributed by atoms with Crippen LogP contribution in [0.4, 0.5) is 5.69 Å². The van der Waals surface area contributed by atoms with Gasteiger partial charge in [0, 0.05) is 29.1 Å². The molecule has 1 aliphatic rings. The third-order valence-corrected chi connectivity index (χ3v) is 5.84. The van der Waals surface area contributed by atoms with E-state index >= 15 is 0 Å². The van der Waals surface area contributed by atoms with Gasteiger partial charge in [0.15, 0.2) is 12.4 Å². The van der Waals surface area contributed by atoms with Crippen LogP contribution < -0.4 is 15.5 Å². The van der Waals surface area contributed by atoms with Crippen LogP contribution in [0.5, 0.6) is 5.75 Å². The molecule has 2 amide bonds. The Bertz CT molecular complexity index is 1420. The fourth-order valence-corrected chi connectivity index (χ4v) is 4.21. The Kier molecular flexibility index (Phi) is 6.26. The summed E-state index contributed by atoms with van der Waals surface area (Å²) in [6.45, 7) is 1.69. The summed E-state index contributed by atoms with van der Waals surface area (Å²) in [4.78, 5) is 29.8. The van der Waals surface area contributed by atoms with Crippen LogP contribution in [0.1, 0.15) is 40.3 Å². The molecular weight excluding hydrogens is 444 g/mol. The van der Waals surface area contributed by atoms with Gasteiger partial charge in [0.1, 0.15) is 11.5 Å². The van der Waals surface area contributed by atoms with Crippen LogP contribution in [0.3, 0.4) is 0 Å². The van der Waals surface area contributed by atoms with E-state index in [0.29, 0.717) is 46.8 Å². The molecule has 5 rings (SSSR count). The van der Waals surface area contributed by atoms with E-state index in [1.807, 2.05) is 55.5 Å². The molecule has 176 valence electrons. The largest absolute Gasteiger partial charge is 0.484 e. The molecule has 8 heteroatoms. The van der Waals surface area contributed by atoms with Gasteiger partial charge in [-0.15, -0.1) is 0 Å². The van der Waals surface area contributed by atoms with Gasteiger partial charge >= 0.3 is 0 Å². The monoisotopic (exact) mass is 468 g/mol. The number of hydrogen-bond acceptors (Lipinski definition) is 6. The van der Waals surface area contributed by atoms with Crippen molar-refractivity contribution in [1.82, 2.24) is 10.4 Å². The van der Waals surface area contributed by atoms with Crippen molar-refractivity contribution in [2.24, 2.45) is 5.10 Å². The SMILES string of the molecule is Cc1c(C(=O)Nc2cccc3cccnc23)oc2c1/C(=N/NC(=O)COc1ccccc1)CCC2. The lowest BCUT2D eigenvalue weighted by atomic mass is 9.93. The topological polar surface area (TPSA) is 106 Å². The fraction of sp³-hybridized carbons (Fsp3) is 0.185. The number of carbonyl (C=O) groups excluding carboxylic acids is 2. The summed E-state index contributed by atoms with van der Waals surface area (Å²) >= 11 is 0. The number of pyridine rings is 1. The summed E-state index contributed by atoms with van der Waals surface area (Å²) in [5.74, 6) is 0.823. The maximum Gasteiger partial charge on any atom is 0.291 e. The second-order valence-corrected chi connectivity index (χ2v) is 8.24. The summed E-state index contributed by atoms with van der Waals surface area (Å²) in [6.07, 6.45) is 3.87. The molecule has 2 aromatic heterocycles. The zero-order valence-electron chi connectivity index (χ0n) is 19.2. The number of aromatic nitrogens is 1. The number of para-hydroxylation sites is 2. The van der Waals surface area contributed by atoms with Gasteiger partial charge in [-0.05, 0) is 44.0 Å². The molecule has 0 bridgehead atoms. The van der Waals surface area contributed by atoms with Gasteiger partial charge in [-0.3, -0.25) is 14.6 Å². The van der Waals surface area contributed by atoms with Crippen LogP contribution in [-0.4, -0.2) is 29.1 Å². The lowest BCUT2D eigenvalue weighted by molar-refractivity contribution is -0.123. The standard InChI is InChI=1S/C27H24N4O4/c1-17-24-20(30-31-23(32)16-34-19-10-3-2-4-11-19)12-6-14-22(24)35-26(17)27(33)29-21-13-5-8-18-9-7-15-28-25(18)21/h2-5,7-11,13,15H,6,12,14,16H2,1H3,(H,29,33)(H,31,32)/b30-20+. The minimum absolute atomic E-state index is 0.148. The van der Waals surface area contributed by atoms with E-state index in [-0.39, 0.29) is 24.2 Å². The summed E-state index contributed by atoms with van der Waals surface area (Å²) < 4.78 is 11.4. The number of hydrazone groups is 1. The lowest BCUT2D eigenvalue weighted by Crippen LogP contribution is -2.27. The molecule has 0 aliphatic heterocycles. The van der Waals surface area contributed by atoms with Crippen molar-refractivity contribution in [2.45, 2.75) is 26.2 Å². The average Bonchev–Trinajstić information content (AvgIpc) is 3.24. The van der Waals surface area contributed by atoms with Crippen molar-refractivity contribution in [2.75, 3.05) is 11.9 Å². The number of benzene rings is 2. The van der Waals surface area contributed by atoms with Crippen molar-refractivity contribution in [3.05, 3.63) is 89.5 Å². The van der Waals surface area contributed by atoms with Crippen LogP contribution in [0.25, 0.3) is 10.9 Å². The van der Waals surface area contributed by atoms with E-state index in [0.717, 1.165) is 17.4 Å². The molecule has 4 aromatic rings. The molecule has 1 aliphatic carbocycles. The molecule has 2 heterocycles. The normalized spacial score (nSPS) is 13.9. The molecular formula is C27H24N4O4. The van der Waals surface area contributed by atoms with Gasteiger partial charge in [-0.1, -0.05) is 36.4 Å². The number of hydrogen-bond donors (Lipinski definition) is 2. The number of rotatable bonds is 6. The highest BCUT2D eigenvalue weighted by molar-refractivity contribution is 6.11. The summed E-state index contributed by atoms with van der Waals surface area (Å²) in [5.41, 5.74) is 6.04. The molecule has 0 saturated carbocycles. The quantitative estimate of drug-likeness (QED) is 0.402. The maximum absolute atomic E-state index is 13.1. The number of carbonyl (C=O) groups is 2. The van der Waals surface area contributed by atoms with Crippen LogP contribution in [-0.2, 0) is 11.2 Å². The van der Waals surface area contributed by atoms with Crippen molar-refractivity contribution < 1.29 is 18.7 Å². The number of amides is 2. The summed E-state index contributed by atoms with van der Waals surface area (Å²) in [5, 5.41) is 8.19. The maximum atomic E-state index is 13.1. The average molecular weight is 469 g/mol. The predicted octanol–water partition coefficient (Wildman–Crippen LogP) is 4.62. The van der Waals surface area contributed by atoms with Crippen LogP contribution in [0.2, 0.25) is 0 Å². The molecule has 0 radical (unpaired) electrons. The molecule has 35 heavy (non-hydrogen) atoms. The Morgan fingerprint density at radius 1 is 1.06 bits per heavy atom. The third-order valence-electron chi connectivity index (χ3n) is 5.84. The highest BCUT2D eigenvalue weighted by Gasteiger charge is 2.28. The predicted molar refractivity (Wildman–Crippen MR) is 133 cm³/mol. The number of fused-ring (bicyclic) bond motifs is 2. The molecule has 8 nitrogen and oxygen atoms in total. The number of nitrogens with one attached hydrogen (secondary N) is 2. The van der Waals surface area contributed by atoms with Gasteiger partial charge in [0.25, 0.3) is 11.8 Å². The van der Waals surface area contributed by atoms with Crippen LogP contribution >= 0.6 is 0 Å². The molecule has 0 spiro atoms. The molecule has 2 N–H and O–H groups in total. The Morgan fingerprint density at radius 3 is 2.74 bits per heavy atom. The number of aryl methyl sites for hydroxylation is 1. The van der Waals surface area contributed by atoms with E-state index in [2.05, 4.69) is 20.8 Å². The van der Waals surface area contributed by atoms with Gasteiger partial charge in [0.05, 0.1) is 16.9 Å². The van der Waals surface area contributed by atoms with E-state index in [9.17, 15) is 9.59 Å². The second kappa shape index (κ2) is 9.80. The van der Waals surface area contributed by atoms with E-state index in [1.165, 1.54) is 0 Å². The number of nitrogens with zero attached hydrogens (tertiary/aromatic N) is 2. The summed E-state index contributed by atoms with van der Waals surface area (Å²) in [7, 11) is 0. The minimum atomic E-state index is -0.365. The number of furan rings is 1. The zero-order chi connectivity index (χ0) is 24.2. The molecule has 0 atom stereocenters. The van der Waals surface area contributed by atoms with E-state index in [1.54, 1.807) is 18.3 Å². The fourth-order valence-electron chi connectivity index (χ4n) is 4.21. The first-order valence-electron chi connectivity index (χ1n) is 11.4.